The predicted octanol–water partition coefficient (Wildman–Crippen LogP) is 2.08. The molecule has 0 saturated heterocycles. The summed E-state index contributed by atoms with van der Waals surface area (Å²) in [5.74, 6) is 0. The van der Waals surface area contributed by atoms with Crippen LogP contribution in [-0.2, 0) is 6.54 Å². The fourth-order valence-electron chi connectivity index (χ4n) is 1.80. The highest BCUT2D eigenvalue weighted by molar-refractivity contribution is 7.99. The van der Waals surface area contributed by atoms with Crippen molar-refractivity contribution in [3.05, 3.63) is 38.8 Å². The summed E-state index contributed by atoms with van der Waals surface area (Å²) in [4.78, 5) is 22.8. The van der Waals surface area contributed by atoms with Gasteiger partial charge < -0.3 is 5.32 Å². The summed E-state index contributed by atoms with van der Waals surface area (Å²) in [5, 5.41) is 20.7. The Hall–Kier alpha value is -2.29. The van der Waals surface area contributed by atoms with E-state index in [0.717, 1.165) is 6.42 Å². The minimum atomic E-state index is -0.450. The molecule has 0 aliphatic carbocycles. The third kappa shape index (κ3) is 3.43. The summed E-state index contributed by atoms with van der Waals surface area (Å²) < 4.78 is 1.52. The van der Waals surface area contributed by atoms with Crippen molar-refractivity contribution in [2.75, 3.05) is 12.4 Å². The van der Waals surface area contributed by atoms with E-state index < -0.39 is 4.92 Å². The zero-order valence-corrected chi connectivity index (χ0v) is 12.4. The second-order valence-corrected chi connectivity index (χ2v) is 5.33. The quantitative estimate of drug-likeness (QED) is 0.625. The van der Waals surface area contributed by atoms with Crippen LogP contribution in [0.3, 0.4) is 0 Å². The molecule has 9 heteroatoms. The van der Waals surface area contributed by atoms with Crippen molar-refractivity contribution >= 4 is 23.1 Å². The largest absolute Gasteiger partial charge is 0.388 e. The van der Waals surface area contributed by atoms with Gasteiger partial charge in [-0.2, -0.15) is 0 Å². The molecule has 1 heterocycles. The Morgan fingerprint density at radius 1 is 1.48 bits per heavy atom. The molecule has 2 aromatic rings. The molecule has 112 valence electrons. The Kier molecular flexibility index (Phi) is 4.63. The lowest BCUT2D eigenvalue weighted by Gasteiger charge is -2.06. The lowest BCUT2D eigenvalue weighted by Crippen LogP contribution is -2.17. The minimum Gasteiger partial charge on any atom is -0.388 e. The Morgan fingerprint density at radius 3 is 2.86 bits per heavy atom. The number of hydrogen-bond acceptors (Lipinski definition) is 6. The highest BCUT2D eigenvalue weighted by atomic mass is 32.2. The predicted molar refractivity (Wildman–Crippen MR) is 79.9 cm³/mol. The first-order valence-corrected chi connectivity index (χ1v) is 7.17. The van der Waals surface area contributed by atoms with E-state index in [1.807, 2.05) is 6.92 Å². The number of nitrogens with zero attached hydrogens (tertiary/aromatic N) is 3. The van der Waals surface area contributed by atoms with Crippen molar-refractivity contribution in [2.45, 2.75) is 29.9 Å². The highest BCUT2D eigenvalue weighted by Gasteiger charge is 2.14. The van der Waals surface area contributed by atoms with E-state index in [0.29, 0.717) is 22.3 Å². The first-order valence-electron chi connectivity index (χ1n) is 6.35. The van der Waals surface area contributed by atoms with Crippen LogP contribution in [0.5, 0.6) is 0 Å². The molecule has 0 fully saturated rings. The van der Waals surface area contributed by atoms with E-state index in [-0.39, 0.29) is 11.4 Å². The molecule has 2 rings (SSSR count). The number of nitro groups is 1. The van der Waals surface area contributed by atoms with Crippen LogP contribution >= 0.6 is 11.8 Å². The van der Waals surface area contributed by atoms with Gasteiger partial charge in [-0.15, -0.1) is 5.10 Å². The standard InChI is InChI=1S/C12H15N5O3S/c1-3-4-16-11(18)14-15-12(16)21-10-6-8(13-2)5-9(7-10)17(19)20/h5-7,13H,3-4H2,1-2H3,(H,14,18). The number of rotatable bonds is 6. The number of aromatic amines is 1. The van der Waals surface area contributed by atoms with Gasteiger partial charge >= 0.3 is 5.69 Å². The molecule has 0 amide bonds. The van der Waals surface area contributed by atoms with Gasteiger partial charge in [-0.1, -0.05) is 6.92 Å². The van der Waals surface area contributed by atoms with E-state index in [1.165, 1.54) is 28.5 Å². The van der Waals surface area contributed by atoms with Crippen LogP contribution in [0.1, 0.15) is 13.3 Å². The molecular formula is C12H15N5O3S. The monoisotopic (exact) mass is 309 g/mol. The third-order valence-electron chi connectivity index (χ3n) is 2.77. The molecule has 2 N–H and O–H groups in total. The zero-order chi connectivity index (χ0) is 15.4. The molecule has 0 aliphatic rings. The Labute approximate surface area is 124 Å². The van der Waals surface area contributed by atoms with Gasteiger partial charge in [0.1, 0.15) is 0 Å². The number of anilines is 1. The summed E-state index contributed by atoms with van der Waals surface area (Å²) in [6, 6.07) is 4.68. The molecule has 1 aromatic heterocycles. The van der Waals surface area contributed by atoms with Gasteiger partial charge in [0.25, 0.3) is 5.69 Å². The number of aromatic nitrogens is 3. The molecule has 0 bridgehead atoms. The van der Waals surface area contributed by atoms with Gasteiger partial charge in [0.2, 0.25) is 0 Å². The summed E-state index contributed by atoms with van der Waals surface area (Å²) in [7, 11) is 1.69. The Balaban J connectivity index is 2.37. The van der Waals surface area contributed by atoms with Gasteiger partial charge in [0.15, 0.2) is 5.16 Å². The Bertz CT molecular complexity index is 709. The van der Waals surface area contributed by atoms with Crippen molar-refractivity contribution in [2.24, 2.45) is 0 Å². The summed E-state index contributed by atoms with van der Waals surface area (Å²) in [6.45, 7) is 2.51. The minimum absolute atomic E-state index is 0.00993. The van der Waals surface area contributed by atoms with E-state index in [9.17, 15) is 14.9 Å². The first kappa shape index (κ1) is 15.1. The molecule has 21 heavy (non-hydrogen) atoms. The van der Waals surface area contributed by atoms with Gasteiger partial charge in [0, 0.05) is 36.3 Å². The average Bonchev–Trinajstić information content (AvgIpc) is 2.80. The summed E-state index contributed by atoms with van der Waals surface area (Å²) in [6.07, 6.45) is 0.795. The van der Waals surface area contributed by atoms with E-state index >= 15 is 0 Å². The third-order valence-corrected chi connectivity index (χ3v) is 3.74. The second kappa shape index (κ2) is 6.44. The molecule has 0 unspecified atom stereocenters. The fourth-order valence-corrected chi connectivity index (χ4v) is 2.75. The maximum atomic E-state index is 11.6. The average molecular weight is 309 g/mol. The van der Waals surface area contributed by atoms with E-state index in [2.05, 4.69) is 15.5 Å². The number of hydrogen-bond donors (Lipinski definition) is 2. The number of non-ortho nitro benzene ring substituents is 1. The zero-order valence-electron chi connectivity index (χ0n) is 11.6. The summed E-state index contributed by atoms with van der Waals surface area (Å²) in [5.41, 5.74) is 0.342. The molecule has 0 atom stereocenters. The lowest BCUT2D eigenvalue weighted by atomic mass is 10.3. The SMILES string of the molecule is CCCn1c(Sc2cc(NC)cc([N+](=O)[O-])c2)n[nH]c1=O. The van der Waals surface area contributed by atoms with Crippen LogP contribution in [0.15, 0.2) is 33.0 Å². The molecule has 0 aliphatic heterocycles. The summed E-state index contributed by atoms with van der Waals surface area (Å²) >= 11 is 1.21. The number of nitro benzene ring substituents is 1. The molecular weight excluding hydrogens is 294 g/mol. The maximum absolute atomic E-state index is 11.6. The van der Waals surface area contributed by atoms with Crippen LogP contribution < -0.4 is 11.0 Å². The van der Waals surface area contributed by atoms with Crippen molar-refractivity contribution in [3.63, 3.8) is 0 Å². The molecule has 8 nitrogen and oxygen atoms in total. The van der Waals surface area contributed by atoms with Gasteiger partial charge in [-0.05, 0) is 24.2 Å². The second-order valence-electron chi connectivity index (χ2n) is 4.29. The van der Waals surface area contributed by atoms with Crippen molar-refractivity contribution in [1.82, 2.24) is 14.8 Å². The molecule has 0 saturated carbocycles. The smallest absolute Gasteiger partial charge is 0.343 e. The van der Waals surface area contributed by atoms with Crippen molar-refractivity contribution < 1.29 is 4.92 Å². The topological polar surface area (TPSA) is 106 Å². The van der Waals surface area contributed by atoms with Gasteiger partial charge in [0.05, 0.1) is 4.92 Å². The van der Waals surface area contributed by atoms with Gasteiger partial charge in [-0.25, -0.2) is 9.89 Å². The first-order chi connectivity index (χ1) is 10.0. The molecule has 0 spiro atoms. The van der Waals surface area contributed by atoms with Crippen LogP contribution in [0, 0.1) is 10.1 Å². The van der Waals surface area contributed by atoms with Crippen molar-refractivity contribution in [3.8, 4) is 0 Å². The van der Waals surface area contributed by atoms with Crippen LogP contribution in [0.25, 0.3) is 0 Å². The van der Waals surface area contributed by atoms with Crippen LogP contribution in [-0.4, -0.2) is 26.7 Å². The lowest BCUT2D eigenvalue weighted by molar-refractivity contribution is -0.385. The Morgan fingerprint density at radius 2 is 2.24 bits per heavy atom. The number of H-pyrrole nitrogens is 1. The number of benzene rings is 1. The van der Waals surface area contributed by atoms with E-state index in [4.69, 9.17) is 0 Å². The van der Waals surface area contributed by atoms with E-state index in [1.54, 1.807) is 13.1 Å². The van der Waals surface area contributed by atoms with Crippen LogP contribution in [0.2, 0.25) is 0 Å². The highest BCUT2D eigenvalue weighted by Crippen LogP contribution is 2.31. The van der Waals surface area contributed by atoms with Crippen molar-refractivity contribution in [1.29, 1.82) is 0 Å². The number of nitrogens with one attached hydrogen (secondary N) is 2. The maximum Gasteiger partial charge on any atom is 0.343 e. The van der Waals surface area contributed by atoms with Gasteiger partial charge in [-0.3, -0.25) is 14.7 Å². The fraction of sp³-hybridized carbons (Fsp3) is 0.333. The molecule has 0 radical (unpaired) electrons. The molecule has 1 aromatic carbocycles. The van der Waals surface area contributed by atoms with Crippen LogP contribution in [0.4, 0.5) is 11.4 Å². The normalized spacial score (nSPS) is 10.6.